The third-order valence-corrected chi connectivity index (χ3v) is 9.09. The summed E-state index contributed by atoms with van der Waals surface area (Å²) in [6.07, 6.45) is 1.25. The van der Waals surface area contributed by atoms with Crippen LogP contribution in [0.3, 0.4) is 0 Å². The van der Waals surface area contributed by atoms with E-state index >= 15 is 0 Å². The second kappa shape index (κ2) is 10.5. The van der Waals surface area contributed by atoms with Crippen molar-refractivity contribution in [3.05, 3.63) is 54.1 Å². The average molecular weight is 469 g/mol. The van der Waals surface area contributed by atoms with Gasteiger partial charge in [-0.2, -0.15) is 0 Å². The van der Waals surface area contributed by atoms with E-state index in [1.165, 1.54) is 61.9 Å². The van der Waals surface area contributed by atoms with E-state index < -0.39 is 10.0 Å². The van der Waals surface area contributed by atoms with Crippen molar-refractivity contribution in [2.24, 2.45) is 0 Å². The molecular formula is C20H24N2O5S3. The fourth-order valence-electron chi connectivity index (χ4n) is 2.70. The number of nitrogens with one attached hydrogen (secondary N) is 1. The minimum atomic E-state index is -3.72. The minimum absolute atomic E-state index is 0.0653. The van der Waals surface area contributed by atoms with Crippen LogP contribution in [-0.4, -0.2) is 51.1 Å². The van der Waals surface area contributed by atoms with E-state index in [2.05, 4.69) is 5.32 Å². The molecule has 1 saturated heterocycles. The fraction of sp³-hybridized carbons (Fsp3) is 0.350. The molecule has 3 rings (SSSR count). The number of rotatable bonds is 8. The normalized spacial score (nSPS) is 15.2. The van der Waals surface area contributed by atoms with Gasteiger partial charge in [-0.05, 0) is 59.9 Å². The molecule has 1 N–H and O–H groups in total. The summed E-state index contributed by atoms with van der Waals surface area (Å²) in [6, 6.07) is 13.7. The third kappa shape index (κ3) is 5.92. The Hall–Kier alpha value is -1.72. The van der Waals surface area contributed by atoms with E-state index in [1.54, 1.807) is 0 Å². The lowest BCUT2D eigenvalue weighted by Crippen LogP contribution is -2.25. The summed E-state index contributed by atoms with van der Waals surface area (Å²) >= 11 is 3.92. The molecular weight excluding hydrogens is 444 g/mol. The van der Waals surface area contributed by atoms with Crippen molar-refractivity contribution < 1.29 is 22.8 Å². The summed E-state index contributed by atoms with van der Waals surface area (Å²) in [6.45, 7) is -0.140. The van der Waals surface area contributed by atoms with Crippen LogP contribution in [-0.2, 0) is 19.7 Å². The first-order valence-corrected chi connectivity index (χ1v) is 12.8. The van der Waals surface area contributed by atoms with Gasteiger partial charge in [0.1, 0.15) is 5.75 Å². The zero-order valence-corrected chi connectivity index (χ0v) is 19.2. The second-order valence-corrected chi connectivity index (χ2v) is 11.1. The summed E-state index contributed by atoms with van der Waals surface area (Å²) in [5.74, 6) is 2.67. The van der Waals surface area contributed by atoms with Gasteiger partial charge in [0.15, 0.2) is 6.61 Å². The molecule has 1 heterocycles. The predicted molar refractivity (Wildman–Crippen MR) is 121 cm³/mol. The molecule has 0 aliphatic carbocycles. The van der Waals surface area contributed by atoms with Crippen LogP contribution in [0.15, 0.2) is 53.4 Å². The molecule has 0 unspecified atom stereocenters. The van der Waals surface area contributed by atoms with Crippen molar-refractivity contribution in [3.8, 4) is 5.75 Å². The Balaban J connectivity index is 1.51. The van der Waals surface area contributed by atoms with E-state index in [0.717, 1.165) is 4.47 Å². The van der Waals surface area contributed by atoms with Gasteiger partial charge in [-0.25, -0.2) is 8.42 Å². The highest BCUT2D eigenvalue weighted by atomic mass is 32.2. The van der Waals surface area contributed by atoms with Gasteiger partial charge in [0.05, 0.1) is 16.6 Å². The van der Waals surface area contributed by atoms with Crippen LogP contribution in [0.1, 0.15) is 16.6 Å². The smallest absolute Gasteiger partial charge is 0.264 e. The molecule has 30 heavy (non-hydrogen) atoms. The Labute approximate surface area is 185 Å². The number of hydrogen-bond acceptors (Lipinski definition) is 7. The zero-order valence-electron chi connectivity index (χ0n) is 16.7. The number of sulfonamides is 1. The van der Waals surface area contributed by atoms with Gasteiger partial charge < -0.3 is 10.1 Å². The Morgan fingerprint density at radius 3 is 2.33 bits per heavy atom. The summed E-state index contributed by atoms with van der Waals surface area (Å²) in [4.78, 5) is 16.9. The molecule has 0 saturated carbocycles. The summed E-state index contributed by atoms with van der Waals surface area (Å²) < 4.78 is 31.1. The highest BCUT2D eigenvalue weighted by Crippen LogP contribution is 2.43. The highest BCUT2D eigenvalue weighted by molar-refractivity contribution is 8.16. The van der Waals surface area contributed by atoms with Crippen LogP contribution in [0.5, 0.6) is 5.75 Å². The van der Waals surface area contributed by atoms with Crippen LogP contribution in [0.25, 0.3) is 0 Å². The summed E-state index contributed by atoms with van der Waals surface area (Å²) in [7, 11) is -1.14. The Morgan fingerprint density at radius 1 is 1.10 bits per heavy atom. The van der Waals surface area contributed by atoms with Crippen molar-refractivity contribution in [2.45, 2.75) is 15.9 Å². The van der Waals surface area contributed by atoms with E-state index in [1.807, 2.05) is 47.8 Å². The molecule has 0 radical (unpaired) electrons. The number of thioether (sulfide) groups is 2. The Morgan fingerprint density at radius 2 is 1.73 bits per heavy atom. The van der Waals surface area contributed by atoms with E-state index in [4.69, 9.17) is 9.57 Å². The molecule has 7 nitrogen and oxygen atoms in total. The number of benzene rings is 2. The Kier molecular flexibility index (Phi) is 8.06. The van der Waals surface area contributed by atoms with Gasteiger partial charge in [0.2, 0.25) is 0 Å². The maximum absolute atomic E-state index is 12.2. The van der Waals surface area contributed by atoms with Crippen molar-refractivity contribution >= 4 is 45.1 Å². The van der Waals surface area contributed by atoms with Gasteiger partial charge >= 0.3 is 0 Å². The van der Waals surface area contributed by atoms with E-state index in [-0.39, 0.29) is 17.4 Å². The first-order chi connectivity index (χ1) is 14.4. The molecule has 162 valence electrons. The fourth-order valence-corrected chi connectivity index (χ4v) is 6.57. The zero-order chi connectivity index (χ0) is 21.6. The molecule has 1 amide bonds. The van der Waals surface area contributed by atoms with E-state index in [0.29, 0.717) is 16.0 Å². The highest BCUT2D eigenvalue weighted by Gasteiger charge is 2.20. The van der Waals surface area contributed by atoms with Gasteiger partial charge in [0.25, 0.3) is 15.9 Å². The van der Waals surface area contributed by atoms with Gasteiger partial charge in [-0.15, -0.1) is 23.5 Å². The molecule has 0 spiro atoms. The molecule has 0 bridgehead atoms. The lowest BCUT2D eigenvalue weighted by molar-refractivity contribution is -0.118. The van der Waals surface area contributed by atoms with Crippen molar-refractivity contribution in [1.29, 1.82) is 0 Å². The number of amides is 1. The molecule has 2 aromatic rings. The van der Waals surface area contributed by atoms with E-state index in [9.17, 15) is 13.2 Å². The summed E-state index contributed by atoms with van der Waals surface area (Å²) in [5, 5.41) is 2.69. The van der Waals surface area contributed by atoms with Crippen LogP contribution in [0.4, 0.5) is 5.69 Å². The maximum Gasteiger partial charge on any atom is 0.264 e. The monoisotopic (exact) mass is 468 g/mol. The predicted octanol–water partition coefficient (Wildman–Crippen LogP) is 3.75. The van der Waals surface area contributed by atoms with Gasteiger partial charge in [0, 0.05) is 12.7 Å². The maximum atomic E-state index is 12.2. The number of carbonyl (C=O) groups excluding carboxylic acids is 1. The largest absolute Gasteiger partial charge is 0.484 e. The lowest BCUT2D eigenvalue weighted by atomic mass is 10.2. The lowest BCUT2D eigenvalue weighted by Gasteiger charge is -2.21. The summed E-state index contributed by atoms with van der Waals surface area (Å²) in [5.41, 5.74) is 1.74. The number of carbonyl (C=O) groups is 1. The number of anilines is 1. The SMILES string of the molecule is CON(C)S(=O)(=O)c1ccc(NC(=O)COc2ccc(C3SCCCS3)cc2)cc1. The average Bonchev–Trinajstić information content (AvgIpc) is 2.78. The first kappa shape index (κ1) is 23.0. The number of ether oxygens (including phenoxy) is 1. The number of hydroxylamine groups is 1. The van der Waals surface area contributed by atoms with Gasteiger partial charge in [-0.3, -0.25) is 9.63 Å². The molecule has 10 heteroatoms. The first-order valence-electron chi connectivity index (χ1n) is 9.29. The molecule has 2 aromatic carbocycles. The van der Waals surface area contributed by atoms with Crippen molar-refractivity contribution in [2.75, 3.05) is 37.6 Å². The standard InChI is InChI=1S/C20H24N2O5S3/c1-22(26-2)30(24,25)18-10-6-16(7-11-18)21-19(23)14-27-17-8-4-15(5-9-17)20-28-12-3-13-29-20/h4-11,20H,3,12-14H2,1-2H3,(H,21,23). The Bertz CT molecular complexity index is 943. The quantitative estimate of drug-likeness (QED) is 0.591. The molecule has 0 aromatic heterocycles. The topological polar surface area (TPSA) is 84.9 Å². The molecule has 1 aliphatic heterocycles. The minimum Gasteiger partial charge on any atom is -0.484 e. The van der Waals surface area contributed by atoms with Gasteiger partial charge in [-0.1, -0.05) is 16.6 Å². The van der Waals surface area contributed by atoms with Crippen LogP contribution in [0, 0.1) is 0 Å². The van der Waals surface area contributed by atoms with Crippen molar-refractivity contribution in [3.63, 3.8) is 0 Å². The van der Waals surface area contributed by atoms with Crippen molar-refractivity contribution in [1.82, 2.24) is 4.47 Å². The third-order valence-electron chi connectivity index (χ3n) is 4.38. The molecule has 1 aliphatic rings. The second-order valence-electron chi connectivity index (χ2n) is 6.45. The van der Waals surface area contributed by atoms with Crippen LogP contribution >= 0.6 is 23.5 Å². The molecule has 0 atom stereocenters. The van der Waals surface area contributed by atoms with Crippen LogP contribution in [0.2, 0.25) is 0 Å². The van der Waals surface area contributed by atoms with Crippen LogP contribution < -0.4 is 10.1 Å². The molecule has 1 fully saturated rings. The number of nitrogens with zero attached hydrogens (tertiary/aromatic N) is 1. The number of hydrogen-bond donors (Lipinski definition) is 1.